The summed E-state index contributed by atoms with van der Waals surface area (Å²) in [5.41, 5.74) is -0.273. The Morgan fingerprint density at radius 1 is 0.875 bits per heavy atom. The van der Waals surface area contributed by atoms with Crippen molar-refractivity contribution >= 4 is 98.8 Å². The number of halogens is 6. The van der Waals surface area contributed by atoms with Gasteiger partial charge in [0.25, 0.3) is 23.4 Å². The number of rotatable bonds is 6. The van der Waals surface area contributed by atoms with Gasteiger partial charge in [-0.3, -0.25) is 29.3 Å². The largest absolute Gasteiger partial charge is 0.292 e. The minimum atomic E-state index is -2.19. The van der Waals surface area contributed by atoms with Crippen LogP contribution in [-0.4, -0.2) is 58.6 Å². The van der Waals surface area contributed by atoms with Crippen LogP contribution in [0.15, 0.2) is 64.7 Å². The number of hydrogen-bond acceptors (Lipinski definition) is 6. The zero-order valence-corrected chi connectivity index (χ0v) is 24.5. The number of hydrogen-bond donors (Lipinski definition) is 0. The SMILES string of the molecule is C[C@H](C(=O)c1ccccc1)N(C(=O)c1ccc([N+](=O)[O-])cc1)N1C(=O)[C@@H]2[C@@H](C1=O)[C@@]1(Cl)C(Cl)=C(Cl)[C@@]2(Cl)C1(Cl)Cl. The molecule has 2 aliphatic carbocycles. The predicted octanol–water partition coefficient (Wildman–Crippen LogP) is 5.67. The number of nitrogens with zero attached hydrogens (tertiary/aromatic N) is 3. The summed E-state index contributed by atoms with van der Waals surface area (Å²) < 4.78 is -2.19. The molecule has 2 aromatic carbocycles. The number of allylic oxidation sites excluding steroid dienone is 2. The van der Waals surface area contributed by atoms with E-state index in [2.05, 4.69) is 0 Å². The van der Waals surface area contributed by atoms with Crippen molar-refractivity contribution in [1.82, 2.24) is 10.0 Å². The van der Waals surface area contributed by atoms with Gasteiger partial charge in [-0.2, -0.15) is 5.01 Å². The van der Waals surface area contributed by atoms with E-state index in [1.165, 1.54) is 19.1 Å². The fourth-order valence-electron chi connectivity index (χ4n) is 5.45. The highest BCUT2D eigenvalue weighted by atomic mass is 35.5. The quantitative estimate of drug-likeness (QED) is 0.129. The first-order valence-electron chi connectivity index (χ1n) is 11.5. The van der Waals surface area contributed by atoms with Gasteiger partial charge in [-0.05, 0) is 19.1 Å². The summed E-state index contributed by atoms with van der Waals surface area (Å²) in [6.45, 7) is 1.32. The van der Waals surface area contributed by atoms with E-state index >= 15 is 0 Å². The molecule has 208 valence electrons. The van der Waals surface area contributed by atoms with Crippen LogP contribution in [0, 0.1) is 22.0 Å². The summed E-state index contributed by atoms with van der Waals surface area (Å²) in [4.78, 5) is 61.5. The van der Waals surface area contributed by atoms with E-state index in [1.807, 2.05) is 0 Å². The number of hydrazine groups is 1. The van der Waals surface area contributed by atoms with Crippen molar-refractivity contribution in [3.8, 4) is 0 Å². The van der Waals surface area contributed by atoms with Gasteiger partial charge >= 0.3 is 0 Å². The molecule has 0 N–H and O–H groups in total. The summed E-state index contributed by atoms with van der Waals surface area (Å²) in [7, 11) is 0. The van der Waals surface area contributed by atoms with Crippen LogP contribution in [0.1, 0.15) is 27.6 Å². The Morgan fingerprint density at radius 2 is 1.35 bits per heavy atom. The average Bonchev–Trinajstić information content (AvgIpc) is 3.32. The topological polar surface area (TPSA) is 118 Å². The average molecular weight is 666 g/mol. The Bertz CT molecular complexity index is 1490. The molecule has 1 aliphatic heterocycles. The number of carbonyl (C=O) groups is 4. The van der Waals surface area contributed by atoms with Gasteiger partial charge in [0.05, 0.1) is 26.8 Å². The lowest BCUT2D eigenvalue weighted by atomic mass is 9.84. The molecule has 1 heterocycles. The summed E-state index contributed by atoms with van der Waals surface area (Å²) in [6, 6.07) is 10.8. The zero-order chi connectivity index (χ0) is 29.5. The van der Waals surface area contributed by atoms with E-state index in [4.69, 9.17) is 69.6 Å². The lowest BCUT2D eigenvalue weighted by Gasteiger charge is -2.38. The van der Waals surface area contributed by atoms with Crippen LogP contribution in [0.3, 0.4) is 0 Å². The van der Waals surface area contributed by atoms with Crippen molar-refractivity contribution in [2.24, 2.45) is 11.8 Å². The maximum atomic E-state index is 14.0. The number of carbonyl (C=O) groups excluding carboxylic acids is 4. The highest BCUT2D eigenvalue weighted by Crippen LogP contribution is 2.77. The second kappa shape index (κ2) is 9.58. The monoisotopic (exact) mass is 663 g/mol. The number of fused-ring (bicyclic) bond motifs is 5. The molecule has 1 saturated carbocycles. The molecule has 2 fully saturated rings. The van der Waals surface area contributed by atoms with Gasteiger partial charge in [0.15, 0.2) is 10.1 Å². The molecule has 9 nitrogen and oxygen atoms in total. The van der Waals surface area contributed by atoms with Crippen molar-refractivity contribution in [3.05, 3.63) is 85.9 Å². The maximum Gasteiger partial charge on any atom is 0.273 e. The van der Waals surface area contributed by atoms with Gasteiger partial charge in [0.1, 0.15) is 15.8 Å². The van der Waals surface area contributed by atoms with Crippen molar-refractivity contribution < 1.29 is 24.1 Å². The van der Waals surface area contributed by atoms with E-state index in [9.17, 15) is 29.3 Å². The number of amides is 3. The molecule has 0 radical (unpaired) electrons. The molecule has 0 spiro atoms. The number of nitro benzene ring substituents is 1. The molecule has 1 saturated heterocycles. The van der Waals surface area contributed by atoms with Crippen LogP contribution in [0.25, 0.3) is 0 Å². The number of ketones is 1. The van der Waals surface area contributed by atoms with Crippen LogP contribution < -0.4 is 0 Å². The third-order valence-corrected chi connectivity index (χ3v) is 11.7. The summed E-state index contributed by atoms with van der Waals surface area (Å²) in [5, 5.41) is 11.6. The van der Waals surface area contributed by atoms with Crippen LogP contribution in [0.5, 0.6) is 0 Å². The van der Waals surface area contributed by atoms with Crippen molar-refractivity contribution in [2.45, 2.75) is 27.0 Å². The van der Waals surface area contributed by atoms with Gasteiger partial charge in [0.2, 0.25) is 0 Å². The number of Topliss-reactive ketones (excluding diaryl/α,β-unsaturated/α-hetero) is 1. The van der Waals surface area contributed by atoms with Gasteiger partial charge in [0, 0.05) is 23.3 Å². The molecule has 15 heteroatoms. The molecular formula is C25H15Cl6N3O6. The zero-order valence-electron chi connectivity index (χ0n) is 20.0. The molecule has 0 aromatic heterocycles. The number of nitro groups is 1. The van der Waals surface area contributed by atoms with E-state index in [-0.39, 0.29) is 26.9 Å². The van der Waals surface area contributed by atoms with Crippen LogP contribution in [0.4, 0.5) is 5.69 Å². The standard InChI is InChI=1S/C25H15Cl6N3O6/c1-11(17(35)12-5-3-2-4-6-12)32(20(36)13-7-9-14(10-8-13)34(39)40)33-21(37)15-16(22(33)38)24(29)19(27)18(26)23(15,28)25(24,30)31/h2-11,15-16H,1H3/t11-,15+,16+,23-,24-/m1/s1. The highest BCUT2D eigenvalue weighted by molar-refractivity contribution is 6.66. The Kier molecular flexibility index (Phi) is 6.97. The molecule has 3 amide bonds. The molecule has 2 bridgehead atoms. The summed E-state index contributed by atoms with van der Waals surface area (Å²) >= 11 is 39.4. The van der Waals surface area contributed by atoms with E-state index in [0.29, 0.717) is 10.0 Å². The van der Waals surface area contributed by atoms with E-state index in [1.54, 1.807) is 18.2 Å². The molecule has 40 heavy (non-hydrogen) atoms. The fourth-order valence-corrected chi connectivity index (χ4v) is 8.37. The first-order chi connectivity index (χ1) is 18.6. The Labute approximate surface area is 256 Å². The van der Waals surface area contributed by atoms with Crippen molar-refractivity contribution in [3.63, 3.8) is 0 Å². The molecule has 5 atom stereocenters. The Balaban J connectivity index is 1.63. The maximum absolute atomic E-state index is 14.0. The summed E-state index contributed by atoms with van der Waals surface area (Å²) in [5.74, 6) is -6.77. The second-order valence-electron chi connectivity index (χ2n) is 9.43. The number of non-ortho nitro benzene ring substituents is 1. The van der Waals surface area contributed by atoms with Gasteiger partial charge < -0.3 is 0 Å². The third-order valence-electron chi connectivity index (χ3n) is 7.44. The minimum Gasteiger partial charge on any atom is -0.292 e. The normalized spacial score (nSPS) is 29.0. The van der Waals surface area contributed by atoms with Gasteiger partial charge in [-0.1, -0.05) is 76.7 Å². The Hall–Kier alpha value is -2.40. The van der Waals surface area contributed by atoms with Crippen molar-refractivity contribution in [1.29, 1.82) is 0 Å². The van der Waals surface area contributed by atoms with Gasteiger partial charge in [-0.15, -0.1) is 23.2 Å². The van der Waals surface area contributed by atoms with Crippen LogP contribution in [-0.2, 0) is 9.59 Å². The number of alkyl halides is 4. The lowest BCUT2D eigenvalue weighted by molar-refractivity contribution is -0.384. The lowest BCUT2D eigenvalue weighted by Crippen LogP contribution is -2.59. The molecule has 2 aromatic rings. The third kappa shape index (κ3) is 3.55. The van der Waals surface area contributed by atoms with Gasteiger partial charge in [-0.25, -0.2) is 5.01 Å². The molecule has 3 aliphatic rings. The van der Waals surface area contributed by atoms with E-state index in [0.717, 1.165) is 24.3 Å². The van der Waals surface area contributed by atoms with Crippen molar-refractivity contribution in [2.75, 3.05) is 0 Å². The minimum absolute atomic E-state index is 0.154. The number of benzene rings is 2. The summed E-state index contributed by atoms with van der Waals surface area (Å²) in [6.07, 6.45) is 0. The smallest absolute Gasteiger partial charge is 0.273 e. The fraction of sp³-hybridized carbons (Fsp3) is 0.280. The number of imide groups is 1. The predicted molar refractivity (Wildman–Crippen MR) is 149 cm³/mol. The van der Waals surface area contributed by atoms with Crippen LogP contribution in [0.2, 0.25) is 0 Å². The molecule has 5 rings (SSSR count). The highest BCUT2D eigenvalue weighted by Gasteiger charge is 2.88. The molecule has 0 unspecified atom stereocenters. The van der Waals surface area contributed by atoms with Crippen LogP contribution >= 0.6 is 69.6 Å². The van der Waals surface area contributed by atoms with E-state index < -0.39 is 60.4 Å². The Morgan fingerprint density at radius 3 is 1.80 bits per heavy atom. The second-order valence-corrected chi connectivity index (χ2v) is 12.7. The first kappa shape index (κ1) is 29.1. The first-order valence-corrected chi connectivity index (χ1v) is 13.8. The molecular weight excluding hydrogens is 651 g/mol.